The van der Waals surface area contributed by atoms with Gasteiger partial charge in [-0.3, -0.25) is 0 Å². The fourth-order valence-corrected chi connectivity index (χ4v) is 1.24. The van der Waals surface area contributed by atoms with Crippen LogP contribution in [0.4, 0.5) is 13.2 Å². The molecule has 13 heavy (non-hydrogen) atoms. The summed E-state index contributed by atoms with van der Waals surface area (Å²) in [6.07, 6.45) is 0. The Morgan fingerprint density at radius 3 is 2.38 bits per heavy atom. The number of carbonyl (C=O) groups excluding carboxylic acids is 1. The number of hydrogen-bond donors (Lipinski definition) is 0. The zero-order chi connectivity index (χ0) is 10.0. The third-order valence-corrected chi connectivity index (χ3v) is 2.19. The van der Waals surface area contributed by atoms with Crippen molar-refractivity contribution in [2.75, 3.05) is 0 Å². The van der Waals surface area contributed by atoms with E-state index < -0.39 is 29.0 Å². The summed E-state index contributed by atoms with van der Waals surface area (Å²) < 4.78 is 42.0. The molecule has 1 rings (SSSR count). The molecule has 70 valence electrons. The number of benzene rings is 1. The van der Waals surface area contributed by atoms with Crippen molar-refractivity contribution in [1.29, 1.82) is 0 Å². The van der Waals surface area contributed by atoms with Gasteiger partial charge in [0.2, 0.25) is 0 Å². The molecular formula is C7H4BiF3O2. The van der Waals surface area contributed by atoms with Crippen LogP contribution in [0.1, 0.15) is 10.4 Å². The van der Waals surface area contributed by atoms with Crippen molar-refractivity contribution in [2.45, 2.75) is 0 Å². The van der Waals surface area contributed by atoms with Crippen LogP contribution in [0.25, 0.3) is 0 Å². The number of hydrogen-bond acceptors (Lipinski definition) is 2. The zero-order valence-electron chi connectivity index (χ0n) is 6.18. The van der Waals surface area contributed by atoms with Gasteiger partial charge < -0.3 is 0 Å². The molecule has 2 nitrogen and oxygen atoms in total. The van der Waals surface area contributed by atoms with Crippen molar-refractivity contribution >= 4 is 31.1 Å². The molecule has 0 fully saturated rings. The third kappa shape index (κ3) is 1.99. The summed E-state index contributed by atoms with van der Waals surface area (Å²) in [4.78, 5) is 10.8. The van der Waals surface area contributed by atoms with E-state index in [9.17, 15) is 18.0 Å². The molecule has 0 atom stereocenters. The molecule has 0 aliphatic carbocycles. The van der Waals surface area contributed by atoms with Gasteiger partial charge in [0.15, 0.2) is 0 Å². The van der Waals surface area contributed by atoms with Gasteiger partial charge in [-0.1, -0.05) is 0 Å². The van der Waals surface area contributed by atoms with Gasteiger partial charge in [-0.05, 0) is 0 Å². The van der Waals surface area contributed by atoms with E-state index in [2.05, 4.69) is 2.81 Å². The average Bonchev–Trinajstić information content (AvgIpc) is 2.13. The summed E-state index contributed by atoms with van der Waals surface area (Å²) in [6, 6.07) is 1.52. The molecule has 0 unspecified atom stereocenters. The van der Waals surface area contributed by atoms with E-state index in [1.807, 2.05) is 0 Å². The van der Waals surface area contributed by atoms with Crippen LogP contribution < -0.4 is 0 Å². The molecule has 0 bridgehead atoms. The predicted molar refractivity (Wildman–Crippen MR) is 40.3 cm³/mol. The van der Waals surface area contributed by atoms with Crippen molar-refractivity contribution < 1.29 is 20.8 Å². The van der Waals surface area contributed by atoms with Crippen LogP contribution in [0.15, 0.2) is 12.1 Å². The summed E-state index contributed by atoms with van der Waals surface area (Å²) in [6.45, 7) is 0. The Morgan fingerprint density at radius 1 is 1.23 bits per heavy atom. The Morgan fingerprint density at radius 2 is 1.85 bits per heavy atom. The molecule has 1 aromatic rings. The van der Waals surface area contributed by atoms with Crippen molar-refractivity contribution in [2.24, 2.45) is 0 Å². The standard InChI is InChI=1S/C7H3F3O2.Bi.2H/c8-4-2-1-3(7(11)12)5(9)6(4)10;;;/h1-2H,(H,11,12);;;/q;+1;;/p-1. The van der Waals surface area contributed by atoms with E-state index in [4.69, 9.17) is 0 Å². The molecule has 0 radical (unpaired) electrons. The van der Waals surface area contributed by atoms with Crippen molar-refractivity contribution in [1.82, 2.24) is 0 Å². The van der Waals surface area contributed by atoms with E-state index in [0.29, 0.717) is 6.07 Å². The first-order chi connectivity index (χ1) is 6.07. The molecule has 1 aromatic carbocycles. The molecule has 0 aromatic heterocycles. The molecule has 0 saturated carbocycles. The van der Waals surface area contributed by atoms with E-state index >= 15 is 0 Å². The SMILES string of the molecule is O=C([O][BiH2])c1ccc(F)c(F)c1F. The Balaban J connectivity index is 3.26. The van der Waals surface area contributed by atoms with Crippen molar-refractivity contribution in [3.8, 4) is 0 Å². The maximum atomic E-state index is 12.8. The minimum absolute atomic E-state index is 0.120. The molecule has 0 saturated heterocycles. The van der Waals surface area contributed by atoms with Gasteiger partial charge in [-0.15, -0.1) is 0 Å². The summed E-state index contributed by atoms with van der Waals surface area (Å²) in [7, 11) is 0. The van der Waals surface area contributed by atoms with Crippen LogP contribution in [-0.4, -0.2) is 31.1 Å². The minimum atomic E-state index is -1.66. The monoisotopic (exact) mass is 386 g/mol. The molecule has 0 heterocycles. The van der Waals surface area contributed by atoms with Crippen molar-refractivity contribution in [3.63, 3.8) is 0 Å². The van der Waals surface area contributed by atoms with Crippen LogP contribution >= 0.6 is 0 Å². The Labute approximate surface area is 87.2 Å². The number of rotatable bonds is 1. The van der Waals surface area contributed by atoms with Crippen LogP contribution in [0.3, 0.4) is 0 Å². The average molecular weight is 386 g/mol. The second-order valence-electron chi connectivity index (χ2n) is 2.13. The molecular weight excluding hydrogens is 382 g/mol. The van der Waals surface area contributed by atoms with Gasteiger partial charge in [-0.25, -0.2) is 0 Å². The Bertz CT molecular complexity index is 354. The Hall–Kier alpha value is -0.637. The fourth-order valence-electron chi connectivity index (χ4n) is 0.747. The number of carbonyl (C=O) groups is 1. The Kier molecular flexibility index (Phi) is 3.25. The first kappa shape index (κ1) is 10.4. The fraction of sp³-hybridized carbons (Fsp3) is 0. The quantitative estimate of drug-likeness (QED) is 0.528. The zero-order valence-corrected chi connectivity index (χ0v) is 10.7. The van der Waals surface area contributed by atoms with E-state index in [1.165, 1.54) is 0 Å². The second-order valence-corrected chi connectivity index (χ2v) is 3.04. The normalized spacial score (nSPS) is 9.85. The van der Waals surface area contributed by atoms with Gasteiger partial charge >= 0.3 is 87.1 Å². The third-order valence-electron chi connectivity index (χ3n) is 1.36. The van der Waals surface area contributed by atoms with Gasteiger partial charge in [0.1, 0.15) is 0 Å². The molecule has 6 heteroatoms. The first-order valence-electron chi connectivity index (χ1n) is 3.12. The predicted octanol–water partition coefficient (Wildman–Crippen LogP) is 0.809. The second kappa shape index (κ2) is 4.05. The van der Waals surface area contributed by atoms with Gasteiger partial charge in [0.25, 0.3) is 0 Å². The molecule has 0 N–H and O–H groups in total. The van der Waals surface area contributed by atoms with Crippen LogP contribution in [0, 0.1) is 17.5 Å². The summed E-state index contributed by atoms with van der Waals surface area (Å²) in [5, 5.41) is 0. The summed E-state index contributed by atoms with van der Waals surface area (Å²) in [5.41, 5.74) is -0.582. The molecule has 0 spiro atoms. The van der Waals surface area contributed by atoms with E-state index in [1.54, 1.807) is 0 Å². The molecule has 0 aliphatic rings. The molecule has 0 amide bonds. The topological polar surface area (TPSA) is 26.3 Å². The first-order valence-corrected chi connectivity index (χ1v) is 4.95. The van der Waals surface area contributed by atoms with Gasteiger partial charge in [0, 0.05) is 0 Å². The van der Waals surface area contributed by atoms with E-state index in [-0.39, 0.29) is 25.2 Å². The van der Waals surface area contributed by atoms with Crippen LogP contribution in [0.2, 0.25) is 0 Å². The van der Waals surface area contributed by atoms with Gasteiger partial charge in [0.05, 0.1) is 0 Å². The maximum absolute atomic E-state index is 12.8. The van der Waals surface area contributed by atoms with Crippen molar-refractivity contribution in [3.05, 3.63) is 35.1 Å². The van der Waals surface area contributed by atoms with Gasteiger partial charge in [-0.2, -0.15) is 0 Å². The molecule has 0 aliphatic heterocycles. The van der Waals surface area contributed by atoms with Crippen LogP contribution in [0.5, 0.6) is 0 Å². The number of halogens is 3. The van der Waals surface area contributed by atoms with E-state index in [0.717, 1.165) is 6.07 Å². The summed E-state index contributed by atoms with van der Waals surface area (Å²) in [5.74, 6) is -5.47. The van der Waals surface area contributed by atoms with Crippen LogP contribution in [-0.2, 0) is 2.81 Å². The summed E-state index contributed by atoms with van der Waals surface area (Å²) >= 11 is -0.120.